The van der Waals surface area contributed by atoms with Crippen molar-refractivity contribution >= 4 is 55.8 Å². The number of nitrogens with zero attached hydrogens (tertiary/aromatic N) is 1. The van der Waals surface area contributed by atoms with E-state index in [4.69, 9.17) is 0 Å². The predicted octanol–water partition coefficient (Wildman–Crippen LogP) is 5.61. The minimum atomic E-state index is -4.55. The molecule has 0 saturated carbocycles. The van der Waals surface area contributed by atoms with Gasteiger partial charge in [0.15, 0.2) is 0 Å². The number of sulfonamides is 1. The van der Waals surface area contributed by atoms with Crippen LogP contribution >= 0.6 is 0 Å². The molecule has 37 heavy (non-hydrogen) atoms. The topological polar surface area (TPSA) is 97.3 Å². The highest BCUT2D eigenvalue weighted by Crippen LogP contribution is 2.37. The number of alkyl halides is 3. The molecule has 1 aliphatic rings. The van der Waals surface area contributed by atoms with Crippen LogP contribution in [0.15, 0.2) is 77.8 Å². The van der Waals surface area contributed by atoms with Crippen LogP contribution in [0.3, 0.4) is 0 Å². The number of aromatic nitrogens is 1. The van der Waals surface area contributed by atoms with Gasteiger partial charge in [-0.05, 0) is 54.6 Å². The van der Waals surface area contributed by atoms with E-state index >= 15 is 0 Å². The lowest BCUT2D eigenvalue weighted by Gasteiger charge is -2.11. The third-order valence-corrected chi connectivity index (χ3v) is 7.31. The van der Waals surface area contributed by atoms with Crippen LogP contribution in [0, 0.1) is 0 Å². The van der Waals surface area contributed by atoms with E-state index in [0.29, 0.717) is 22.3 Å². The first-order valence-electron chi connectivity index (χ1n) is 10.9. The maximum absolute atomic E-state index is 13.0. The zero-order valence-electron chi connectivity index (χ0n) is 19.1. The molecule has 3 aromatic carbocycles. The van der Waals surface area contributed by atoms with Crippen molar-refractivity contribution in [2.45, 2.75) is 18.0 Å². The molecule has 0 unspecified atom stereocenters. The second kappa shape index (κ2) is 8.63. The van der Waals surface area contributed by atoms with Crippen LogP contribution in [-0.4, -0.2) is 24.8 Å². The highest BCUT2D eigenvalue weighted by molar-refractivity contribution is 7.92. The summed E-state index contributed by atoms with van der Waals surface area (Å²) in [6.45, 7) is 1.42. The molecule has 0 spiro atoms. The van der Waals surface area contributed by atoms with Crippen molar-refractivity contribution in [3.63, 3.8) is 0 Å². The number of nitrogens with one attached hydrogen (secondary N) is 2. The number of fused-ring (bicyclic) bond motifs is 2. The van der Waals surface area contributed by atoms with E-state index in [2.05, 4.69) is 10.0 Å². The normalized spacial score (nSPS) is 14.6. The Kier molecular flexibility index (Phi) is 5.67. The molecule has 0 bridgehead atoms. The van der Waals surface area contributed by atoms with Gasteiger partial charge in [0.1, 0.15) is 0 Å². The van der Waals surface area contributed by atoms with E-state index < -0.39 is 27.7 Å². The second-order valence-electron chi connectivity index (χ2n) is 8.39. The zero-order valence-corrected chi connectivity index (χ0v) is 19.9. The molecule has 0 fully saturated rings. The number of hydrogen-bond donors (Lipinski definition) is 2. The number of benzene rings is 3. The monoisotopic (exact) mass is 525 g/mol. The van der Waals surface area contributed by atoms with E-state index in [1.165, 1.54) is 29.7 Å². The Morgan fingerprint density at radius 3 is 2.41 bits per heavy atom. The molecule has 1 amide bonds. The van der Waals surface area contributed by atoms with E-state index in [-0.39, 0.29) is 22.1 Å². The Balaban J connectivity index is 1.52. The van der Waals surface area contributed by atoms with Crippen molar-refractivity contribution in [2.24, 2.45) is 0 Å². The lowest BCUT2D eigenvalue weighted by molar-refractivity contribution is -0.137. The summed E-state index contributed by atoms with van der Waals surface area (Å²) in [6.07, 6.45) is -1.35. The Bertz CT molecular complexity index is 1720. The summed E-state index contributed by atoms with van der Waals surface area (Å²) >= 11 is 0. The van der Waals surface area contributed by atoms with Crippen LogP contribution < -0.4 is 10.0 Å². The van der Waals surface area contributed by atoms with Gasteiger partial charge in [0.25, 0.3) is 15.9 Å². The van der Waals surface area contributed by atoms with Gasteiger partial charge in [0, 0.05) is 46.6 Å². The van der Waals surface area contributed by atoms with Gasteiger partial charge in [0.2, 0.25) is 5.91 Å². The van der Waals surface area contributed by atoms with Gasteiger partial charge >= 0.3 is 6.18 Å². The lowest BCUT2D eigenvalue weighted by atomic mass is 10.0. The molecule has 1 aliphatic heterocycles. The summed E-state index contributed by atoms with van der Waals surface area (Å²) in [5.41, 5.74) is 1.25. The van der Waals surface area contributed by atoms with Crippen molar-refractivity contribution in [3.8, 4) is 0 Å². The van der Waals surface area contributed by atoms with Crippen molar-refractivity contribution in [1.29, 1.82) is 0 Å². The quantitative estimate of drug-likeness (QED) is 0.338. The number of carbonyl (C=O) groups is 2. The van der Waals surface area contributed by atoms with Crippen LogP contribution in [0.1, 0.15) is 28.4 Å². The molecule has 188 valence electrons. The molecule has 2 N–H and O–H groups in total. The van der Waals surface area contributed by atoms with Crippen LogP contribution in [0.2, 0.25) is 0 Å². The highest BCUT2D eigenvalue weighted by Gasteiger charge is 2.30. The Morgan fingerprint density at radius 1 is 1.03 bits per heavy atom. The smallest absolute Gasteiger partial charge is 0.321 e. The number of rotatable bonds is 4. The highest BCUT2D eigenvalue weighted by atomic mass is 32.2. The third-order valence-electron chi connectivity index (χ3n) is 5.93. The summed E-state index contributed by atoms with van der Waals surface area (Å²) in [4.78, 5) is 24.7. The van der Waals surface area contributed by atoms with Gasteiger partial charge in [-0.2, -0.15) is 13.2 Å². The van der Waals surface area contributed by atoms with Crippen LogP contribution in [-0.2, 0) is 21.0 Å². The number of halogens is 3. The molecular formula is C26H18F3N3O4S. The average molecular weight is 526 g/mol. The van der Waals surface area contributed by atoms with Crippen molar-refractivity contribution in [2.75, 3.05) is 10.0 Å². The van der Waals surface area contributed by atoms with Crippen LogP contribution in [0.25, 0.3) is 22.6 Å². The molecule has 5 rings (SSSR count). The van der Waals surface area contributed by atoms with E-state index in [9.17, 15) is 31.2 Å². The van der Waals surface area contributed by atoms with E-state index in [0.717, 1.165) is 29.7 Å². The predicted molar refractivity (Wildman–Crippen MR) is 133 cm³/mol. The molecule has 2 heterocycles. The number of para-hydroxylation sites is 1. The van der Waals surface area contributed by atoms with Gasteiger partial charge in [-0.25, -0.2) is 8.42 Å². The van der Waals surface area contributed by atoms with Gasteiger partial charge in [0.05, 0.1) is 16.0 Å². The SMILES string of the molecule is CC(=O)n1cc(C=C2C(=O)Nc3ccc(S(=O)(=O)Nc4ccc(C(F)(F)F)cc4)cc32)c2ccccc21. The fraction of sp³-hybridized carbons (Fsp3) is 0.0769. The fourth-order valence-electron chi connectivity index (χ4n) is 4.16. The fourth-order valence-corrected chi connectivity index (χ4v) is 5.24. The van der Waals surface area contributed by atoms with Gasteiger partial charge in [-0.1, -0.05) is 18.2 Å². The molecule has 4 aromatic rings. The number of hydrogen-bond acceptors (Lipinski definition) is 4. The van der Waals surface area contributed by atoms with Crippen LogP contribution in [0.5, 0.6) is 0 Å². The molecular weight excluding hydrogens is 507 g/mol. The first-order valence-corrected chi connectivity index (χ1v) is 12.4. The summed E-state index contributed by atoms with van der Waals surface area (Å²) in [7, 11) is -4.19. The molecule has 0 radical (unpaired) electrons. The minimum absolute atomic E-state index is 0.0458. The molecule has 7 nitrogen and oxygen atoms in total. The van der Waals surface area contributed by atoms with Crippen molar-refractivity contribution in [1.82, 2.24) is 4.57 Å². The maximum atomic E-state index is 13.0. The maximum Gasteiger partial charge on any atom is 0.416 e. The molecule has 0 aliphatic carbocycles. The van der Waals surface area contributed by atoms with E-state index in [1.54, 1.807) is 30.5 Å². The van der Waals surface area contributed by atoms with Crippen molar-refractivity contribution < 1.29 is 31.2 Å². The summed E-state index contributed by atoms with van der Waals surface area (Å²) in [6, 6.07) is 14.8. The van der Waals surface area contributed by atoms with Gasteiger partial charge in [-0.15, -0.1) is 0 Å². The first-order chi connectivity index (χ1) is 17.4. The zero-order chi connectivity index (χ0) is 26.5. The van der Waals surface area contributed by atoms with Gasteiger partial charge < -0.3 is 5.32 Å². The molecule has 1 aromatic heterocycles. The number of carbonyl (C=O) groups excluding carboxylic acids is 2. The number of amides is 1. The first kappa shape index (κ1) is 24.3. The van der Waals surface area contributed by atoms with Crippen molar-refractivity contribution in [3.05, 3.63) is 89.6 Å². The summed E-state index contributed by atoms with van der Waals surface area (Å²) in [5, 5.41) is 3.43. The van der Waals surface area contributed by atoms with Crippen LogP contribution in [0.4, 0.5) is 24.5 Å². The Hall–Kier alpha value is -4.38. The summed E-state index contributed by atoms with van der Waals surface area (Å²) in [5.74, 6) is -0.653. The number of anilines is 2. The summed E-state index contributed by atoms with van der Waals surface area (Å²) < 4.78 is 68.1. The largest absolute Gasteiger partial charge is 0.416 e. The lowest BCUT2D eigenvalue weighted by Crippen LogP contribution is -2.13. The molecule has 0 atom stereocenters. The van der Waals surface area contributed by atoms with Gasteiger partial charge in [-0.3, -0.25) is 18.9 Å². The third kappa shape index (κ3) is 4.49. The molecule has 0 saturated heterocycles. The molecule has 11 heteroatoms. The average Bonchev–Trinajstić information content (AvgIpc) is 3.36. The second-order valence-corrected chi connectivity index (χ2v) is 10.1. The Labute approximate surface area is 209 Å². The van der Waals surface area contributed by atoms with E-state index in [1.807, 2.05) is 6.07 Å². The Morgan fingerprint density at radius 2 is 1.73 bits per heavy atom. The minimum Gasteiger partial charge on any atom is -0.321 e. The standard InChI is InChI=1S/C26H18F3N3O4S/c1-15(33)32-14-16(20-4-2-3-5-24(20)32)12-22-21-13-19(10-11-23(21)30-25(22)34)37(35,36)31-18-8-6-17(7-9-18)26(27,28)29/h2-14,31H,1H3,(H,30,34).